The molecule has 8 heteroatoms. The zero-order valence-electron chi connectivity index (χ0n) is 9.51. The van der Waals surface area contributed by atoms with Gasteiger partial charge in [0.05, 0.1) is 18.1 Å². The zero-order chi connectivity index (χ0) is 13.5. The van der Waals surface area contributed by atoms with E-state index < -0.39 is 10.8 Å². The van der Waals surface area contributed by atoms with E-state index in [2.05, 4.69) is 21.4 Å². The Kier molecular flexibility index (Phi) is 5.69. The third-order valence-corrected chi connectivity index (χ3v) is 2.37. The summed E-state index contributed by atoms with van der Waals surface area (Å²) >= 11 is 3.10. The summed E-state index contributed by atoms with van der Waals surface area (Å²) in [4.78, 5) is 26.5. The molecule has 18 heavy (non-hydrogen) atoms. The number of nitrogens with zero attached hydrogens (tertiary/aromatic N) is 1. The fourth-order valence-electron chi connectivity index (χ4n) is 1.11. The summed E-state index contributed by atoms with van der Waals surface area (Å²) in [7, 11) is 1.50. The Bertz CT molecular complexity index is 452. The molecule has 1 aromatic rings. The minimum atomic E-state index is -0.576. The highest BCUT2D eigenvalue weighted by Gasteiger charge is 2.13. The second-order valence-corrected chi connectivity index (χ2v) is 4.14. The molecule has 98 valence electrons. The van der Waals surface area contributed by atoms with Crippen molar-refractivity contribution in [3.8, 4) is 0 Å². The number of nitro benzene ring substituents is 1. The molecular weight excluding hydrogens is 308 g/mol. The summed E-state index contributed by atoms with van der Waals surface area (Å²) in [5.41, 5.74) is 2.12. The van der Waals surface area contributed by atoms with Crippen molar-refractivity contribution in [1.82, 2.24) is 5.48 Å². The highest BCUT2D eigenvalue weighted by molar-refractivity contribution is 9.10. The number of amides is 1. The van der Waals surface area contributed by atoms with Crippen LogP contribution < -0.4 is 5.48 Å². The van der Waals surface area contributed by atoms with Crippen molar-refractivity contribution >= 4 is 27.5 Å². The Balaban J connectivity index is 2.70. The number of methoxy groups -OCH3 is 1. The SMILES string of the molecule is COCCONC(=O)c1cc(Br)cc([N+](=O)[O-])c1. The van der Waals surface area contributed by atoms with E-state index in [0.717, 1.165) is 0 Å². The summed E-state index contributed by atoms with van der Waals surface area (Å²) in [6.07, 6.45) is 0. The molecule has 0 unspecified atom stereocenters. The van der Waals surface area contributed by atoms with Gasteiger partial charge in [0, 0.05) is 29.3 Å². The van der Waals surface area contributed by atoms with Crippen LogP contribution in [-0.2, 0) is 9.57 Å². The molecule has 0 saturated carbocycles. The van der Waals surface area contributed by atoms with Crippen LogP contribution in [0.25, 0.3) is 0 Å². The van der Waals surface area contributed by atoms with E-state index in [-0.39, 0.29) is 17.9 Å². The Morgan fingerprint density at radius 1 is 1.44 bits per heavy atom. The second-order valence-electron chi connectivity index (χ2n) is 3.23. The number of nitro groups is 1. The van der Waals surface area contributed by atoms with Gasteiger partial charge in [-0.25, -0.2) is 5.48 Å². The van der Waals surface area contributed by atoms with Crippen molar-refractivity contribution in [3.05, 3.63) is 38.3 Å². The lowest BCUT2D eigenvalue weighted by Crippen LogP contribution is -2.25. The molecule has 0 radical (unpaired) electrons. The predicted octanol–water partition coefficient (Wildman–Crippen LogP) is 1.67. The highest BCUT2D eigenvalue weighted by atomic mass is 79.9. The number of halogens is 1. The number of carbonyl (C=O) groups is 1. The van der Waals surface area contributed by atoms with Crippen molar-refractivity contribution in [3.63, 3.8) is 0 Å². The quantitative estimate of drug-likeness (QED) is 0.489. The Morgan fingerprint density at radius 2 is 2.17 bits per heavy atom. The van der Waals surface area contributed by atoms with Crippen LogP contribution in [-0.4, -0.2) is 31.2 Å². The molecule has 0 aromatic heterocycles. The lowest BCUT2D eigenvalue weighted by atomic mass is 10.2. The average molecular weight is 319 g/mol. The molecule has 1 rings (SSSR count). The summed E-state index contributed by atoms with van der Waals surface area (Å²) in [6, 6.07) is 3.93. The van der Waals surface area contributed by atoms with Crippen molar-refractivity contribution in [2.45, 2.75) is 0 Å². The maximum absolute atomic E-state index is 11.6. The molecule has 0 fully saturated rings. The first kappa shape index (κ1) is 14.6. The summed E-state index contributed by atoms with van der Waals surface area (Å²) in [6.45, 7) is 0.525. The van der Waals surface area contributed by atoms with Crippen LogP contribution in [0.5, 0.6) is 0 Å². The van der Waals surface area contributed by atoms with Crippen LogP contribution in [0.1, 0.15) is 10.4 Å². The monoisotopic (exact) mass is 318 g/mol. The number of non-ortho nitro benzene ring substituents is 1. The first-order valence-corrected chi connectivity index (χ1v) is 5.70. The van der Waals surface area contributed by atoms with Gasteiger partial charge < -0.3 is 4.74 Å². The molecule has 0 aliphatic carbocycles. The van der Waals surface area contributed by atoms with Gasteiger partial charge in [-0.1, -0.05) is 15.9 Å². The van der Waals surface area contributed by atoms with Gasteiger partial charge in [0.1, 0.15) is 0 Å². The average Bonchev–Trinajstić information content (AvgIpc) is 2.33. The number of hydrogen-bond donors (Lipinski definition) is 1. The Morgan fingerprint density at radius 3 is 2.78 bits per heavy atom. The Hall–Kier alpha value is -1.51. The molecule has 0 spiro atoms. The molecule has 0 saturated heterocycles. The van der Waals surface area contributed by atoms with Crippen molar-refractivity contribution in [2.24, 2.45) is 0 Å². The van der Waals surface area contributed by atoms with Crippen LogP contribution in [0.4, 0.5) is 5.69 Å². The highest BCUT2D eigenvalue weighted by Crippen LogP contribution is 2.21. The minimum Gasteiger partial charge on any atom is -0.382 e. The molecule has 7 nitrogen and oxygen atoms in total. The summed E-state index contributed by atoms with van der Waals surface area (Å²) in [5.74, 6) is -0.560. The smallest absolute Gasteiger partial charge is 0.275 e. The van der Waals surface area contributed by atoms with Crippen LogP contribution >= 0.6 is 15.9 Å². The number of hydroxylamine groups is 1. The number of carbonyl (C=O) groups excluding carboxylic acids is 1. The van der Waals surface area contributed by atoms with Gasteiger partial charge in [-0.3, -0.25) is 19.7 Å². The Labute approximate surface area is 111 Å². The third-order valence-electron chi connectivity index (χ3n) is 1.91. The van der Waals surface area contributed by atoms with E-state index in [1.165, 1.54) is 25.3 Å². The molecule has 0 heterocycles. The molecule has 1 aromatic carbocycles. The van der Waals surface area contributed by atoms with Gasteiger partial charge in [0.15, 0.2) is 0 Å². The molecular formula is C10H11BrN2O5. The van der Waals surface area contributed by atoms with Gasteiger partial charge in [-0.05, 0) is 6.07 Å². The lowest BCUT2D eigenvalue weighted by molar-refractivity contribution is -0.385. The van der Waals surface area contributed by atoms with E-state index in [0.29, 0.717) is 11.1 Å². The normalized spacial score (nSPS) is 10.1. The first-order valence-electron chi connectivity index (χ1n) is 4.90. The second kappa shape index (κ2) is 7.04. The summed E-state index contributed by atoms with van der Waals surface area (Å²) < 4.78 is 5.17. The maximum atomic E-state index is 11.6. The van der Waals surface area contributed by atoms with Gasteiger partial charge in [-0.2, -0.15) is 0 Å². The molecule has 0 atom stereocenters. The lowest BCUT2D eigenvalue weighted by Gasteiger charge is -2.05. The number of nitrogens with one attached hydrogen (secondary N) is 1. The predicted molar refractivity (Wildman–Crippen MR) is 66.1 cm³/mol. The largest absolute Gasteiger partial charge is 0.382 e. The van der Waals surface area contributed by atoms with Gasteiger partial charge in [-0.15, -0.1) is 0 Å². The zero-order valence-corrected chi connectivity index (χ0v) is 11.1. The standard InChI is InChI=1S/C10H11BrN2O5/c1-17-2-3-18-12-10(14)7-4-8(11)6-9(5-7)13(15)16/h4-6H,2-3H2,1H3,(H,12,14). The topological polar surface area (TPSA) is 90.7 Å². The first-order chi connectivity index (χ1) is 8.54. The van der Waals surface area contributed by atoms with Crippen LogP contribution in [0.15, 0.2) is 22.7 Å². The number of rotatable bonds is 6. The van der Waals surface area contributed by atoms with E-state index in [9.17, 15) is 14.9 Å². The number of benzene rings is 1. The molecule has 0 aliphatic rings. The van der Waals surface area contributed by atoms with E-state index in [1.54, 1.807) is 0 Å². The molecule has 0 bridgehead atoms. The third kappa shape index (κ3) is 4.40. The molecule has 0 aliphatic heterocycles. The fraction of sp³-hybridized carbons (Fsp3) is 0.300. The van der Waals surface area contributed by atoms with Crippen molar-refractivity contribution < 1.29 is 19.3 Å². The van der Waals surface area contributed by atoms with Gasteiger partial charge in [0.25, 0.3) is 11.6 Å². The van der Waals surface area contributed by atoms with Crippen LogP contribution in [0, 0.1) is 10.1 Å². The number of hydrogen-bond acceptors (Lipinski definition) is 5. The maximum Gasteiger partial charge on any atom is 0.275 e. The van der Waals surface area contributed by atoms with Crippen LogP contribution in [0.2, 0.25) is 0 Å². The fourth-order valence-corrected chi connectivity index (χ4v) is 1.59. The van der Waals surface area contributed by atoms with E-state index in [1.807, 2.05) is 0 Å². The van der Waals surface area contributed by atoms with E-state index in [4.69, 9.17) is 9.57 Å². The number of ether oxygens (including phenoxy) is 1. The van der Waals surface area contributed by atoms with Gasteiger partial charge >= 0.3 is 0 Å². The van der Waals surface area contributed by atoms with Crippen molar-refractivity contribution in [1.29, 1.82) is 0 Å². The molecule has 1 N–H and O–H groups in total. The van der Waals surface area contributed by atoms with Crippen molar-refractivity contribution in [2.75, 3.05) is 20.3 Å². The minimum absolute atomic E-state index is 0.133. The summed E-state index contributed by atoms with van der Waals surface area (Å²) in [5, 5.41) is 10.6. The van der Waals surface area contributed by atoms with Crippen LogP contribution in [0.3, 0.4) is 0 Å². The molecule has 1 amide bonds. The van der Waals surface area contributed by atoms with E-state index >= 15 is 0 Å². The van der Waals surface area contributed by atoms with Gasteiger partial charge in [0.2, 0.25) is 0 Å².